The number of rotatable bonds is 1. The summed E-state index contributed by atoms with van der Waals surface area (Å²) in [7, 11) is 0. The Morgan fingerprint density at radius 3 is 2.50 bits per heavy atom. The molecule has 2 aromatic carbocycles. The summed E-state index contributed by atoms with van der Waals surface area (Å²) in [6.45, 7) is 7.24. The fourth-order valence-corrected chi connectivity index (χ4v) is 2.60. The summed E-state index contributed by atoms with van der Waals surface area (Å²) in [5.41, 5.74) is 2.62. The Labute approximate surface area is 129 Å². The number of halogens is 2. The molecule has 2 nitrogen and oxygen atoms in total. The molecule has 2 aromatic rings. The van der Waals surface area contributed by atoms with E-state index in [9.17, 15) is 8.78 Å². The van der Waals surface area contributed by atoms with Crippen molar-refractivity contribution in [1.82, 2.24) is 0 Å². The van der Waals surface area contributed by atoms with Gasteiger partial charge < -0.3 is 9.64 Å². The molecule has 1 aliphatic rings. The Morgan fingerprint density at radius 2 is 1.82 bits per heavy atom. The lowest BCUT2D eigenvalue weighted by molar-refractivity contribution is 0.287. The van der Waals surface area contributed by atoms with Crippen molar-refractivity contribution in [2.75, 3.05) is 11.6 Å². The van der Waals surface area contributed by atoms with Crippen molar-refractivity contribution in [3.63, 3.8) is 0 Å². The minimum Gasteiger partial charge on any atom is -0.473 e. The van der Waals surface area contributed by atoms with Gasteiger partial charge in [-0.2, -0.15) is 0 Å². The molecule has 0 aromatic heterocycles. The lowest BCUT2D eigenvalue weighted by Gasteiger charge is -2.32. The second-order valence-corrected chi connectivity index (χ2v) is 6.64. The average molecular weight is 303 g/mol. The first-order valence-electron chi connectivity index (χ1n) is 7.31. The fraction of sp³-hybridized carbons (Fsp3) is 0.333. The molecule has 1 heterocycles. The van der Waals surface area contributed by atoms with Gasteiger partial charge in [-0.3, -0.25) is 0 Å². The van der Waals surface area contributed by atoms with E-state index < -0.39 is 11.6 Å². The van der Waals surface area contributed by atoms with Crippen molar-refractivity contribution in [2.24, 2.45) is 0 Å². The summed E-state index contributed by atoms with van der Waals surface area (Å²) in [6.07, 6.45) is 0. The van der Waals surface area contributed by atoms with E-state index >= 15 is 0 Å². The molecule has 0 saturated heterocycles. The predicted molar refractivity (Wildman–Crippen MR) is 83.2 cm³/mol. The van der Waals surface area contributed by atoms with Crippen LogP contribution < -0.4 is 9.64 Å². The third-order valence-corrected chi connectivity index (χ3v) is 3.91. The lowest BCUT2D eigenvalue weighted by Crippen LogP contribution is -2.32. The second kappa shape index (κ2) is 5.27. The maximum atomic E-state index is 13.9. The van der Waals surface area contributed by atoms with E-state index in [0.717, 1.165) is 17.4 Å². The number of ether oxygens (including phenoxy) is 1. The van der Waals surface area contributed by atoms with Gasteiger partial charge in [0.25, 0.3) is 0 Å². The minimum absolute atomic E-state index is 0.0401. The number of hydrogen-bond acceptors (Lipinski definition) is 2. The molecular weight excluding hydrogens is 284 g/mol. The van der Waals surface area contributed by atoms with Crippen molar-refractivity contribution in [3.05, 3.63) is 59.2 Å². The standard InChI is InChI=1S/C18H19F2NO/c1-18(2,3)13-4-7-17-12(8-13)10-21(11-22-17)16-6-5-14(19)9-15(16)20/h4-9H,10-11H2,1-3H3. The molecule has 0 aliphatic carbocycles. The zero-order chi connectivity index (χ0) is 15.9. The van der Waals surface area contributed by atoms with Gasteiger partial charge in [-0.25, -0.2) is 8.78 Å². The highest BCUT2D eigenvalue weighted by molar-refractivity contribution is 5.52. The first-order chi connectivity index (χ1) is 10.3. The van der Waals surface area contributed by atoms with E-state index in [1.807, 2.05) is 6.07 Å². The zero-order valence-corrected chi connectivity index (χ0v) is 13.0. The van der Waals surface area contributed by atoms with Gasteiger partial charge in [0, 0.05) is 18.2 Å². The topological polar surface area (TPSA) is 12.5 Å². The van der Waals surface area contributed by atoms with Crippen molar-refractivity contribution in [3.8, 4) is 5.75 Å². The molecule has 0 bridgehead atoms. The van der Waals surface area contributed by atoms with E-state index in [2.05, 4.69) is 32.9 Å². The third-order valence-electron chi connectivity index (χ3n) is 3.91. The Hall–Kier alpha value is -2.10. The van der Waals surface area contributed by atoms with Crippen molar-refractivity contribution in [2.45, 2.75) is 32.7 Å². The van der Waals surface area contributed by atoms with E-state index in [1.165, 1.54) is 17.7 Å². The number of anilines is 1. The first-order valence-corrected chi connectivity index (χ1v) is 7.31. The van der Waals surface area contributed by atoms with Crippen LogP contribution >= 0.6 is 0 Å². The molecule has 0 radical (unpaired) electrons. The molecule has 1 aliphatic heterocycles. The summed E-state index contributed by atoms with van der Waals surface area (Å²) >= 11 is 0. The first kappa shape index (κ1) is 14.8. The Bertz CT molecular complexity index is 707. The van der Waals surface area contributed by atoms with Crippen LogP contribution in [0.25, 0.3) is 0 Å². The number of nitrogens with zero attached hydrogens (tertiary/aromatic N) is 1. The van der Waals surface area contributed by atoms with Gasteiger partial charge in [0.1, 0.15) is 17.4 Å². The zero-order valence-electron chi connectivity index (χ0n) is 13.0. The van der Waals surface area contributed by atoms with E-state index in [-0.39, 0.29) is 12.1 Å². The number of fused-ring (bicyclic) bond motifs is 1. The lowest BCUT2D eigenvalue weighted by atomic mass is 9.86. The molecule has 0 saturated carbocycles. The van der Waals surface area contributed by atoms with Crippen LogP contribution in [-0.4, -0.2) is 6.73 Å². The molecule has 0 amide bonds. The molecule has 0 N–H and O–H groups in total. The van der Waals surface area contributed by atoms with Gasteiger partial charge in [-0.1, -0.05) is 26.8 Å². The fourth-order valence-electron chi connectivity index (χ4n) is 2.60. The van der Waals surface area contributed by atoms with Crippen LogP contribution in [0.3, 0.4) is 0 Å². The van der Waals surface area contributed by atoms with Crippen LogP contribution in [0.2, 0.25) is 0 Å². The summed E-state index contributed by atoms with van der Waals surface area (Å²) in [5, 5.41) is 0. The highest BCUT2D eigenvalue weighted by Gasteiger charge is 2.22. The largest absolute Gasteiger partial charge is 0.473 e. The Kier molecular flexibility index (Phi) is 3.55. The van der Waals surface area contributed by atoms with Crippen molar-refractivity contribution >= 4 is 5.69 Å². The molecule has 4 heteroatoms. The van der Waals surface area contributed by atoms with Crippen LogP contribution in [0, 0.1) is 11.6 Å². The molecule has 116 valence electrons. The third kappa shape index (κ3) is 2.78. The summed E-state index contributed by atoms with van der Waals surface area (Å²) in [6, 6.07) is 9.74. The van der Waals surface area contributed by atoms with E-state index in [4.69, 9.17) is 4.74 Å². The Morgan fingerprint density at radius 1 is 1.05 bits per heavy atom. The van der Waals surface area contributed by atoms with E-state index in [0.29, 0.717) is 12.2 Å². The molecule has 0 fully saturated rings. The maximum absolute atomic E-state index is 13.9. The molecule has 22 heavy (non-hydrogen) atoms. The van der Waals surface area contributed by atoms with Crippen LogP contribution in [0.4, 0.5) is 14.5 Å². The molecule has 0 unspecified atom stereocenters. The smallest absolute Gasteiger partial charge is 0.161 e. The highest BCUT2D eigenvalue weighted by atomic mass is 19.1. The highest BCUT2D eigenvalue weighted by Crippen LogP contribution is 2.33. The van der Waals surface area contributed by atoms with Crippen LogP contribution in [0.15, 0.2) is 36.4 Å². The number of hydrogen-bond donors (Lipinski definition) is 0. The van der Waals surface area contributed by atoms with Gasteiger partial charge in [-0.15, -0.1) is 0 Å². The van der Waals surface area contributed by atoms with Gasteiger partial charge >= 0.3 is 0 Å². The van der Waals surface area contributed by atoms with Crippen LogP contribution in [0.1, 0.15) is 31.9 Å². The van der Waals surface area contributed by atoms with Gasteiger partial charge in [-0.05, 0) is 35.2 Å². The second-order valence-electron chi connectivity index (χ2n) is 6.64. The van der Waals surface area contributed by atoms with Crippen molar-refractivity contribution in [1.29, 1.82) is 0 Å². The summed E-state index contributed by atoms with van der Waals surface area (Å²) in [4.78, 5) is 1.77. The molecule has 3 rings (SSSR count). The monoisotopic (exact) mass is 303 g/mol. The average Bonchev–Trinajstić information content (AvgIpc) is 2.45. The Balaban J connectivity index is 1.92. The molecule has 0 spiro atoms. The molecular formula is C18H19F2NO. The normalized spacial score (nSPS) is 14.5. The maximum Gasteiger partial charge on any atom is 0.161 e. The number of benzene rings is 2. The SMILES string of the molecule is CC(C)(C)c1ccc2c(c1)CN(c1ccc(F)cc1F)CO2. The van der Waals surface area contributed by atoms with Gasteiger partial charge in [0.05, 0.1) is 5.69 Å². The van der Waals surface area contributed by atoms with Gasteiger partial charge in [0.15, 0.2) is 6.73 Å². The molecule has 0 atom stereocenters. The summed E-state index contributed by atoms with van der Waals surface area (Å²) in [5.74, 6) is -0.319. The summed E-state index contributed by atoms with van der Waals surface area (Å²) < 4.78 is 32.7. The van der Waals surface area contributed by atoms with Crippen LogP contribution in [0.5, 0.6) is 5.75 Å². The quantitative estimate of drug-likeness (QED) is 0.762. The van der Waals surface area contributed by atoms with Crippen molar-refractivity contribution < 1.29 is 13.5 Å². The van der Waals surface area contributed by atoms with E-state index in [1.54, 1.807) is 4.90 Å². The van der Waals surface area contributed by atoms with Gasteiger partial charge in [0.2, 0.25) is 0 Å². The van der Waals surface area contributed by atoms with Crippen LogP contribution in [-0.2, 0) is 12.0 Å². The minimum atomic E-state index is -0.574. The predicted octanol–water partition coefficient (Wildman–Crippen LogP) is 4.62.